The van der Waals surface area contributed by atoms with E-state index < -0.39 is 0 Å². The van der Waals surface area contributed by atoms with Crippen LogP contribution in [-0.2, 0) is 6.42 Å². The highest BCUT2D eigenvalue weighted by molar-refractivity contribution is 7.16. The molecule has 6 heteroatoms. The smallest absolute Gasteiger partial charge is 0.139 e. The number of aryl methyl sites for hydroxylation is 1. The number of rotatable bonds is 3. The summed E-state index contributed by atoms with van der Waals surface area (Å²) in [5.41, 5.74) is 10.6. The van der Waals surface area contributed by atoms with E-state index in [0.29, 0.717) is 5.82 Å². The molecule has 0 bridgehead atoms. The van der Waals surface area contributed by atoms with Crippen molar-refractivity contribution in [3.63, 3.8) is 0 Å². The van der Waals surface area contributed by atoms with E-state index in [1.807, 2.05) is 31.5 Å². The number of hydrogen-bond donors (Lipinski definition) is 2. The van der Waals surface area contributed by atoms with Gasteiger partial charge in [0.25, 0.3) is 0 Å². The molecule has 0 unspecified atom stereocenters. The lowest BCUT2D eigenvalue weighted by Gasteiger charge is -2.11. The van der Waals surface area contributed by atoms with Crippen molar-refractivity contribution in [2.45, 2.75) is 20.3 Å². The fraction of sp³-hybridized carbons (Fsp3) is 0.214. The summed E-state index contributed by atoms with van der Waals surface area (Å²) in [6.07, 6.45) is 0.757. The molecule has 20 heavy (non-hydrogen) atoms. The molecule has 3 aromatic rings. The van der Waals surface area contributed by atoms with Crippen LogP contribution in [0.3, 0.4) is 0 Å². The molecular weight excluding hydrogens is 270 g/mol. The van der Waals surface area contributed by atoms with E-state index in [1.54, 1.807) is 11.3 Å². The van der Waals surface area contributed by atoms with Gasteiger partial charge in [-0.2, -0.15) is 0 Å². The molecule has 0 saturated carbocycles. The summed E-state index contributed by atoms with van der Waals surface area (Å²) in [6.45, 7) is 3.93. The van der Waals surface area contributed by atoms with Gasteiger partial charge >= 0.3 is 0 Å². The first-order valence-corrected chi connectivity index (χ1v) is 7.28. The Balaban J connectivity index is 1.99. The molecule has 0 fully saturated rings. The quantitative estimate of drug-likeness (QED) is 0.772. The number of thiazole rings is 1. The predicted molar refractivity (Wildman–Crippen MR) is 83.5 cm³/mol. The highest BCUT2D eigenvalue weighted by Crippen LogP contribution is 2.26. The lowest BCUT2D eigenvalue weighted by atomic mass is 10.2. The molecule has 0 aliphatic rings. The molecule has 0 aliphatic carbocycles. The number of fused-ring (bicyclic) bond motifs is 1. The summed E-state index contributed by atoms with van der Waals surface area (Å²) < 4.78 is 1.14. The van der Waals surface area contributed by atoms with Crippen molar-refractivity contribution in [2.24, 2.45) is 0 Å². The molecule has 0 aliphatic heterocycles. The minimum absolute atomic E-state index is 0.526. The summed E-state index contributed by atoms with van der Waals surface area (Å²) in [5.74, 6) is 2.03. The zero-order valence-corrected chi connectivity index (χ0v) is 12.2. The number of nitrogen functional groups attached to an aromatic ring is 1. The second-order valence-corrected chi connectivity index (χ2v) is 5.40. The third-order valence-corrected chi connectivity index (χ3v) is 3.93. The molecule has 0 radical (unpaired) electrons. The first-order chi connectivity index (χ1) is 9.67. The fourth-order valence-electron chi connectivity index (χ4n) is 1.93. The Kier molecular flexibility index (Phi) is 3.23. The van der Waals surface area contributed by atoms with Gasteiger partial charge in [-0.15, -0.1) is 11.3 Å². The number of nitrogens with two attached hydrogens (primary N) is 1. The summed E-state index contributed by atoms with van der Waals surface area (Å²) >= 11 is 1.62. The van der Waals surface area contributed by atoms with E-state index in [9.17, 15) is 0 Å². The zero-order chi connectivity index (χ0) is 14.1. The second kappa shape index (κ2) is 5.05. The molecule has 0 saturated heterocycles. The molecule has 1 aromatic carbocycles. The van der Waals surface area contributed by atoms with Gasteiger partial charge in [-0.25, -0.2) is 15.0 Å². The third-order valence-electron chi connectivity index (χ3n) is 3.14. The van der Waals surface area contributed by atoms with Gasteiger partial charge in [-0.1, -0.05) is 6.92 Å². The molecule has 3 N–H and O–H groups in total. The molecule has 0 spiro atoms. The molecule has 2 heterocycles. The van der Waals surface area contributed by atoms with Crippen LogP contribution in [0.4, 0.5) is 17.3 Å². The average molecular weight is 285 g/mol. The molecule has 0 amide bonds. The average Bonchev–Trinajstić information content (AvgIpc) is 2.91. The number of nitrogens with zero attached hydrogens (tertiary/aromatic N) is 3. The molecule has 2 aromatic heterocycles. The van der Waals surface area contributed by atoms with Crippen molar-refractivity contribution in [2.75, 3.05) is 11.1 Å². The third kappa shape index (κ3) is 2.30. The van der Waals surface area contributed by atoms with Crippen molar-refractivity contribution >= 4 is 38.9 Å². The van der Waals surface area contributed by atoms with Gasteiger partial charge in [-0.3, -0.25) is 0 Å². The van der Waals surface area contributed by atoms with Crippen molar-refractivity contribution in [3.05, 3.63) is 35.1 Å². The van der Waals surface area contributed by atoms with Crippen LogP contribution in [0.25, 0.3) is 10.2 Å². The first kappa shape index (κ1) is 12.8. The molecule has 5 nitrogen and oxygen atoms in total. The van der Waals surface area contributed by atoms with Crippen LogP contribution in [-0.4, -0.2) is 15.0 Å². The van der Waals surface area contributed by atoms with E-state index in [0.717, 1.165) is 39.5 Å². The van der Waals surface area contributed by atoms with Gasteiger partial charge in [0, 0.05) is 17.7 Å². The lowest BCUT2D eigenvalue weighted by molar-refractivity contribution is 0.940. The van der Waals surface area contributed by atoms with Crippen LogP contribution >= 0.6 is 11.3 Å². The van der Waals surface area contributed by atoms with E-state index in [2.05, 4.69) is 26.3 Å². The summed E-state index contributed by atoms with van der Waals surface area (Å²) in [7, 11) is 0. The predicted octanol–water partition coefficient (Wildman–Crippen LogP) is 3.28. The maximum absolute atomic E-state index is 5.93. The highest BCUT2D eigenvalue weighted by atomic mass is 32.1. The monoisotopic (exact) mass is 285 g/mol. The normalized spacial score (nSPS) is 10.9. The second-order valence-electron chi connectivity index (χ2n) is 4.51. The molecule has 0 atom stereocenters. The Morgan fingerprint density at radius 2 is 2.15 bits per heavy atom. The zero-order valence-electron chi connectivity index (χ0n) is 11.3. The van der Waals surface area contributed by atoms with Crippen molar-refractivity contribution in [1.82, 2.24) is 15.0 Å². The SMILES string of the molecule is CCc1nc(N)c(C)c(Nc2ccc3ncsc3c2)n1. The van der Waals surface area contributed by atoms with E-state index in [4.69, 9.17) is 5.73 Å². The van der Waals surface area contributed by atoms with Gasteiger partial charge in [0.05, 0.1) is 15.7 Å². The standard InChI is InChI=1S/C14H15N5S/c1-3-12-18-13(15)8(2)14(19-12)17-9-4-5-10-11(6-9)20-7-16-10/h4-7H,3H2,1-2H3,(H3,15,17,18,19). The number of anilines is 3. The Morgan fingerprint density at radius 3 is 2.95 bits per heavy atom. The van der Waals surface area contributed by atoms with E-state index in [-0.39, 0.29) is 0 Å². The minimum atomic E-state index is 0.526. The summed E-state index contributed by atoms with van der Waals surface area (Å²) in [6, 6.07) is 6.05. The lowest BCUT2D eigenvalue weighted by Crippen LogP contribution is -2.06. The first-order valence-electron chi connectivity index (χ1n) is 6.40. The Bertz CT molecular complexity index is 765. The van der Waals surface area contributed by atoms with Crippen LogP contribution in [0.5, 0.6) is 0 Å². The van der Waals surface area contributed by atoms with Crippen molar-refractivity contribution < 1.29 is 0 Å². The van der Waals surface area contributed by atoms with Gasteiger partial charge in [0.2, 0.25) is 0 Å². The number of aromatic nitrogens is 3. The number of hydrogen-bond acceptors (Lipinski definition) is 6. The summed E-state index contributed by atoms with van der Waals surface area (Å²) in [4.78, 5) is 13.0. The van der Waals surface area contributed by atoms with Crippen LogP contribution in [0.15, 0.2) is 23.7 Å². The maximum Gasteiger partial charge on any atom is 0.139 e. The van der Waals surface area contributed by atoms with Gasteiger partial charge < -0.3 is 11.1 Å². The van der Waals surface area contributed by atoms with Crippen LogP contribution in [0, 0.1) is 6.92 Å². The van der Waals surface area contributed by atoms with Crippen LogP contribution < -0.4 is 11.1 Å². The largest absolute Gasteiger partial charge is 0.383 e. The van der Waals surface area contributed by atoms with Gasteiger partial charge in [0.15, 0.2) is 0 Å². The fourth-order valence-corrected chi connectivity index (χ4v) is 2.65. The summed E-state index contributed by atoms with van der Waals surface area (Å²) in [5, 5.41) is 3.32. The topological polar surface area (TPSA) is 76.7 Å². The van der Waals surface area contributed by atoms with Crippen LogP contribution in [0.2, 0.25) is 0 Å². The Labute approximate surface area is 120 Å². The number of nitrogens with one attached hydrogen (secondary N) is 1. The van der Waals surface area contributed by atoms with Crippen molar-refractivity contribution in [1.29, 1.82) is 0 Å². The highest BCUT2D eigenvalue weighted by Gasteiger charge is 2.08. The molecule has 3 rings (SSSR count). The van der Waals surface area contributed by atoms with E-state index >= 15 is 0 Å². The minimum Gasteiger partial charge on any atom is -0.383 e. The Hall–Kier alpha value is -2.21. The van der Waals surface area contributed by atoms with Gasteiger partial charge in [0.1, 0.15) is 17.5 Å². The Morgan fingerprint density at radius 1 is 1.30 bits per heavy atom. The van der Waals surface area contributed by atoms with E-state index in [1.165, 1.54) is 0 Å². The molecular formula is C14H15N5S. The number of benzene rings is 1. The van der Waals surface area contributed by atoms with Crippen LogP contribution in [0.1, 0.15) is 18.3 Å². The van der Waals surface area contributed by atoms with Crippen molar-refractivity contribution in [3.8, 4) is 0 Å². The maximum atomic E-state index is 5.93. The molecule has 102 valence electrons. The van der Waals surface area contributed by atoms with Gasteiger partial charge in [-0.05, 0) is 25.1 Å².